The van der Waals surface area contributed by atoms with Crippen LogP contribution < -0.4 is 0 Å². The number of carbonyl (C=O) groups excluding carboxylic acids is 2. The highest BCUT2D eigenvalue weighted by Crippen LogP contribution is 2.43. The number of phosphoric acid groups is 1. The van der Waals surface area contributed by atoms with Gasteiger partial charge in [-0.25, -0.2) is 4.57 Å². The van der Waals surface area contributed by atoms with E-state index in [4.69, 9.17) is 18.5 Å². The number of carbonyl (C=O) groups is 2. The molecule has 0 aliphatic rings. The first-order valence-electron chi connectivity index (χ1n) is 18.4. The number of likely N-dealkylation sites (N-methyl/N-ethyl adjacent to an activating group) is 1. The van der Waals surface area contributed by atoms with Gasteiger partial charge >= 0.3 is 19.8 Å². The maximum Gasteiger partial charge on any atom is 0.472 e. The minimum Gasteiger partial charge on any atom is -0.462 e. The molecule has 0 aromatic carbocycles. The number of hydrogen-bond acceptors (Lipinski definition) is 7. The van der Waals surface area contributed by atoms with Gasteiger partial charge in [0, 0.05) is 12.8 Å². The normalized spacial score (nSPS) is 14.0. The van der Waals surface area contributed by atoms with Gasteiger partial charge in [0.25, 0.3) is 0 Å². The minimum atomic E-state index is -4.36. The van der Waals surface area contributed by atoms with E-state index in [0.29, 0.717) is 23.9 Å². The van der Waals surface area contributed by atoms with Crippen LogP contribution in [0.3, 0.4) is 0 Å². The highest BCUT2D eigenvalue weighted by atomic mass is 31.2. The zero-order chi connectivity index (χ0) is 34.4. The van der Waals surface area contributed by atoms with Crippen molar-refractivity contribution < 1.29 is 42.1 Å². The topological polar surface area (TPSA) is 108 Å². The van der Waals surface area contributed by atoms with Crippen molar-refractivity contribution >= 4 is 19.8 Å². The smallest absolute Gasteiger partial charge is 0.462 e. The summed E-state index contributed by atoms with van der Waals surface area (Å²) in [6.07, 6.45) is 26.9. The van der Waals surface area contributed by atoms with Crippen LogP contribution in [0, 0.1) is 0 Å². The van der Waals surface area contributed by atoms with Crippen LogP contribution in [0.25, 0.3) is 0 Å². The van der Waals surface area contributed by atoms with E-state index < -0.39 is 26.5 Å². The molecule has 0 saturated carbocycles. The van der Waals surface area contributed by atoms with Crippen LogP contribution in [0.5, 0.6) is 0 Å². The van der Waals surface area contributed by atoms with Crippen LogP contribution in [0.1, 0.15) is 155 Å². The number of hydrogen-bond donors (Lipinski definition) is 1. The van der Waals surface area contributed by atoms with Gasteiger partial charge in [0.05, 0.1) is 27.7 Å². The molecule has 0 saturated heterocycles. The van der Waals surface area contributed by atoms with Crippen molar-refractivity contribution in [3.8, 4) is 0 Å². The number of rotatable bonds is 33. The van der Waals surface area contributed by atoms with E-state index in [0.717, 1.165) is 57.8 Å². The second-order valence-electron chi connectivity index (χ2n) is 13.6. The molecule has 0 aromatic heterocycles. The summed E-state index contributed by atoms with van der Waals surface area (Å²) in [5, 5.41) is 0. The van der Waals surface area contributed by atoms with Gasteiger partial charge in [-0.3, -0.25) is 18.6 Å². The lowest BCUT2D eigenvalue weighted by molar-refractivity contribution is -0.870. The molecule has 0 rings (SSSR count). The molecule has 0 aromatic rings. The zero-order valence-corrected chi connectivity index (χ0v) is 31.2. The fraction of sp³-hybridized carbons (Fsp3) is 0.889. The van der Waals surface area contributed by atoms with Gasteiger partial charge in [0.2, 0.25) is 0 Å². The van der Waals surface area contributed by atoms with Crippen LogP contribution in [0.15, 0.2) is 12.2 Å². The average molecular weight is 677 g/mol. The van der Waals surface area contributed by atoms with Crippen LogP contribution in [0.4, 0.5) is 0 Å². The Bertz CT molecular complexity index is 814. The number of unbranched alkanes of at least 4 members (excludes halogenated alkanes) is 17. The summed E-state index contributed by atoms with van der Waals surface area (Å²) in [7, 11) is 1.47. The third-order valence-electron chi connectivity index (χ3n) is 7.80. The molecule has 0 aliphatic heterocycles. The monoisotopic (exact) mass is 676 g/mol. The Hall–Kier alpha value is -1.25. The van der Waals surface area contributed by atoms with Crippen molar-refractivity contribution in [2.75, 3.05) is 47.5 Å². The Labute approximate surface area is 282 Å². The summed E-state index contributed by atoms with van der Waals surface area (Å²) in [4.78, 5) is 35.0. The largest absolute Gasteiger partial charge is 0.472 e. The van der Waals surface area contributed by atoms with Gasteiger partial charge in [-0.2, -0.15) is 0 Å². The van der Waals surface area contributed by atoms with Crippen molar-refractivity contribution in [1.82, 2.24) is 0 Å². The first-order chi connectivity index (χ1) is 22.0. The molecule has 9 nitrogen and oxygen atoms in total. The van der Waals surface area contributed by atoms with E-state index in [2.05, 4.69) is 26.0 Å². The zero-order valence-electron chi connectivity index (χ0n) is 30.3. The molecule has 0 radical (unpaired) electrons. The average Bonchev–Trinajstić information content (AvgIpc) is 2.99. The number of nitrogens with zero attached hydrogens (tertiary/aromatic N) is 1. The SMILES string of the molecule is CCCC/C=C\CCCCCCCC(=O)OC(COC(=O)CCCCCCCCCCCCC)COP(=O)(O)OCC[N+](C)(C)C. The molecule has 0 fully saturated rings. The van der Waals surface area contributed by atoms with Crippen molar-refractivity contribution in [3.05, 3.63) is 12.2 Å². The summed E-state index contributed by atoms with van der Waals surface area (Å²) in [6, 6.07) is 0. The summed E-state index contributed by atoms with van der Waals surface area (Å²) in [6.45, 7) is 4.35. The summed E-state index contributed by atoms with van der Waals surface area (Å²) in [5.74, 6) is -0.809. The van der Waals surface area contributed by atoms with Gasteiger partial charge in [-0.1, -0.05) is 122 Å². The van der Waals surface area contributed by atoms with E-state index in [-0.39, 0.29) is 25.6 Å². The van der Waals surface area contributed by atoms with Crippen molar-refractivity contribution in [3.63, 3.8) is 0 Å². The number of ether oxygens (including phenoxy) is 2. The number of esters is 2. The molecule has 0 spiro atoms. The maximum atomic E-state index is 12.6. The molecule has 0 bridgehead atoms. The molecule has 0 aliphatic carbocycles. The maximum absolute atomic E-state index is 12.6. The number of quaternary nitrogens is 1. The second kappa shape index (κ2) is 29.9. The molecule has 46 heavy (non-hydrogen) atoms. The van der Waals surface area contributed by atoms with Crippen LogP contribution in [0.2, 0.25) is 0 Å². The van der Waals surface area contributed by atoms with E-state index in [1.165, 1.54) is 64.2 Å². The highest BCUT2D eigenvalue weighted by molar-refractivity contribution is 7.47. The fourth-order valence-corrected chi connectivity index (χ4v) is 5.56. The van der Waals surface area contributed by atoms with Crippen molar-refractivity contribution in [2.45, 2.75) is 161 Å². The first kappa shape index (κ1) is 44.8. The lowest BCUT2D eigenvalue weighted by atomic mass is 10.1. The third-order valence-corrected chi connectivity index (χ3v) is 8.78. The van der Waals surface area contributed by atoms with Crippen LogP contribution >= 0.6 is 7.82 Å². The first-order valence-corrected chi connectivity index (χ1v) is 19.9. The van der Waals surface area contributed by atoms with Crippen molar-refractivity contribution in [2.24, 2.45) is 0 Å². The molecule has 2 unspecified atom stereocenters. The van der Waals surface area contributed by atoms with Gasteiger partial charge < -0.3 is 18.9 Å². The third kappa shape index (κ3) is 32.7. The lowest BCUT2D eigenvalue weighted by Gasteiger charge is -2.24. The van der Waals surface area contributed by atoms with Crippen LogP contribution in [-0.4, -0.2) is 74.9 Å². The molecule has 0 amide bonds. The van der Waals surface area contributed by atoms with E-state index in [9.17, 15) is 19.0 Å². The summed E-state index contributed by atoms with van der Waals surface area (Å²) in [5.41, 5.74) is 0. The fourth-order valence-electron chi connectivity index (χ4n) is 4.82. The van der Waals surface area contributed by atoms with Gasteiger partial charge in [0.1, 0.15) is 19.8 Å². The van der Waals surface area contributed by atoms with Gasteiger partial charge in [0.15, 0.2) is 6.10 Å². The Morgan fingerprint density at radius 3 is 1.67 bits per heavy atom. The molecule has 0 heterocycles. The lowest BCUT2D eigenvalue weighted by Crippen LogP contribution is -2.37. The molecular formula is C36H71NO8P+. The Morgan fingerprint density at radius 1 is 0.652 bits per heavy atom. The molecule has 10 heteroatoms. The highest BCUT2D eigenvalue weighted by Gasteiger charge is 2.27. The van der Waals surface area contributed by atoms with Crippen LogP contribution in [-0.2, 0) is 32.7 Å². The van der Waals surface area contributed by atoms with Gasteiger partial charge in [-0.05, 0) is 32.1 Å². The predicted octanol–water partition coefficient (Wildman–Crippen LogP) is 9.46. The second-order valence-corrected chi connectivity index (χ2v) is 15.1. The predicted molar refractivity (Wildman–Crippen MR) is 188 cm³/mol. The number of allylic oxidation sites excluding steroid dienone is 2. The number of phosphoric ester groups is 1. The molecular weight excluding hydrogens is 605 g/mol. The standard InChI is InChI=1S/C36H70NO8P/c1-6-8-10-12-14-16-18-20-22-24-26-28-35(38)42-32-34(33-44-46(40,41)43-31-30-37(3,4)5)45-36(39)29-27-25-23-21-19-17-15-13-11-9-7-2/h13,15,34H,6-12,14,16-33H2,1-5H3/p+1/b15-13-. The minimum absolute atomic E-state index is 0.0326. The van der Waals surface area contributed by atoms with Gasteiger partial charge in [-0.15, -0.1) is 0 Å². The quantitative estimate of drug-likeness (QED) is 0.0241. The molecule has 2 atom stereocenters. The van der Waals surface area contributed by atoms with E-state index in [1.54, 1.807) is 0 Å². The van der Waals surface area contributed by atoms with Crippen molar-refractivity contribution in [1.29, 1.82) is 0 Å². The van der Waals surface area contributed by atoms with E-state index >= 15 is 0 Å². The Morgan fingerprint density at radius 2 is 1.13 bits per heavy atom. The summed E-state index contributed by atoms with van der Waals surface area (Å²) < 4.78 is 34.1. The summed E-state index contributed by atoms with van der Waals surface area (Å²) >= 11 is 0. The Kier molecular flexibility index (Phi) is 29.0. The molecule has 272 valence electrons. The Balaban J connectivity index is 4.47. The molecule has 1 N–H and O–H groups in total. The van der Waals surface area contributed by atoms with E-state index in [1.807, 2.05) is 21.1 Å².